The SMILES string of the molecule is Cc1sc2nc3c(n2c1C)C(C)(C)CC3C. The fourth-order valence-electron chi connectivity index (χ4n) is 3.12. The van der Waals surface area contributed by atoms with E-state index >= 15 is 0 Å². The third-order valence-electron chi connectivity index (χ3n) is 3.89. The minimum Gasteiger partial charge on any atom is -0.291 e. The molecule has 0 saturated carbocycles. The first-order valence-electron chi connectivity index (χ1n) is 5.90. The van der Waals surface area contributed by atoms with Crippen molar-refractivity contribution in [2.75, 3.05) is 0 Å². The number of aromatic nitrogens is 2. The average Bonchev–Trinajstić information content (AvgIpc) is 2.71. The van der Waals surface area contributed by atoms with Gasteiger partial charge < -0.3 is 0 Å². The molecule has 3 rings (SSSR count). The quantitative estimate of drug-likeness (QED) is 0.677. The van der Waals surface area contributed by atoms with E-state index < -0.39 is 0 Å². The van der Waals surface area contributed by atoms with Crippen molar-refractivity contribution in [3.05, 3.63) is 22.0 Å². The van der Waals surface area contributed by atoms with Crippen molar-refractivity contribution in [2.45, 2.75) is 52.4 Å². The lowest BCUT2D eigenvalue weighted by atomic mass is 9.89. The standard InChI is InChI=1S/C13H18N2S/c1-7-6-13(4,5)11-10(7)14-12-15(11)8(2)9(3)16-12/h7H,6H2,1-5H3. The Hall–Kier alpha value is -0.830. The highest BCUT2D eigenvalue weighted by Crippen LogP contribution is 2.46. The van der Waals surface area contributed by atoms with Crippen molar-refractivity contribution in [1.82, 2.24) is 9.38 Å². The summed E-state index contributed by atoms with van der Waals surface area (Å²) < 4.78 is 2.39. The molecule has 1 aliphatic carbocycles. The van der Waals surface area contributed by atoms with E-state index in [-0.39, 0.29) is 5.41 Å². The number of imidazole rings is 1. The van der Waals surface area contributed by atoms with E-state index in [1.807, 2.05) is 11.3 Å². The van der Waals surface area contributed by atoms with Gasteiger partial charge in [0, 0.05) is 21.9 Å². The van der Waals surface area contributed by atoms with Gasteiger partial charge in [0.15, 0.2) is 4.96 Å². The van der Waals surface area contributed by atoms with Crippen LogP contribution in [0.1, 0.15) is 55.1 Å². The fraction of sp³-hybridized carbons (Fsp3) is 0.615. The van der Waals surface area contributed by atoms with Gasteiger partial charge in [-0.25, -0.2) is 4.98 Å². The molecule has 2 aromatic rings. The average molecular weight is 234 g/mol. The molecule has 86 valence electrons. The van der Waals surface area contributed by atoms with Crippen LogP contribution in [0.4, 0.5) is 0 Å². The Morgan fingerprint density at radius 1 is 1.38 bits per heavy atom. The van der Waals surface area contributed by atoms with Crippen LogP contribution in [-0.2, 0) is 5.41 Å². The van der Waals surface area contributed by atoms with Crippen LogP contribution in [0.15, 0.2) is 0 Å². The molecule has 16 heavy (non-hydrogen) atoms. The molecule has 3 heteroatoms. The van der Waals surface area contributed by atoms with E-state index in [0.717, 1.165) is 0 Å². The van der Waals surface area contributed by atoms with Gasteiger partial charge in [0.05, 0.1) is 11.4 Å². The van der Waals surface area contributed by atoms with E-state index in [0.29, 0.717) is 5.92 Å². The topological polar surface area (TPSA) is 17.3 Å². The van der Waals surface area contributed by atoms with Gasteiger partial charge in [0.1, 0.15) is 0 Å². The zero-order valence-electron chi connectivity index (χ0n) is 10.6. The molecule has 1 aliphatic rings. The molecule has 0 aliphatic heterocycles. The van der Waals surface area contributed by atoms with E-state index in [1.54, 1.807) is 0 Å². The predicted molar refractivity (Wildman–Crippen MR) is 68.6 cm³/mol. The maximum absolute atomic E-state index is 4.83. The zero-order valence-corrected chi connectivity index (χ0v) is 11.4. The second kappa shape index (κ2) is 2.89. The van der Waals surface area contributed by atoms with Gasteiger partial charge in [-0.15, -0.1) is 11.3 Å². The van der Waals surface area contributed by atoms with Crippen LogP contribution in [-0.4, -0.2) is 9.38 Å². The molecule has 0 radical (unpaired) electrons. The molecular weight excluding hydrogens is 216 g/mol. The number of rotatable bonds is 0. The van der Waals surface area contributed by atoms with Crippen LogP contribution in [0.2, 0.25) is 0 Å². The molecular formula is C13H18N2S. The molecule has 2 heterocycles. The summed E-state index contributed by atoms with van der Waals surface area (Å²) in [5, 5.41) is 0. The summed E-state index contributed by atoms with van der Waals surface area (Å²) in [5.74, 6) is 0.608. The summed E-state index contributed by atoms with van der Waals surface area (Å²) in [6.45, 7) is 11.4. The maximum Gasteiger partial charge on any atom is 0.194 e. The summed E-state index contributed by atoms with van der Waals surface area (Å²) in [6, 6.07) is 0. The van der Waals surface area contributed by atoms with Crippen molar-refractivity contribution < 1.29 is 0 Å². The Morgan fingerprint density at radius 3 is 2.75 bits per heavy atom. The molecule has 2 aromatic heterocycles. The highest BCUT2D eigenvalue weighted by atomic mass is 32.1. The minimum atomic E-state index is 0.270. The Bertz CT molecular complexity index is 574. The molecule has 0 saturated heterocycles. The van der Waals surface area contributed by atoms with Crippen LogP contribution < -0.4 is 0 Å². The number of hydrogen-bond donors (Lipinski definition) is 0. The summed E-state index contributed by atoms with van der Waals surface area (Å²) in [4.78, 5) is 7.40. The van der Waals surface area contributed by atoms with Crippen LogP contribution in [0, 0.1) is 13.8 Å². The monoisotopic (exact) mass is 234 g/mol. The third kappa shape index (κ3) is 1.10. The van der Waals surface area contributed by atoms with E-state index in [9.17, 15) is 0 Å². The second-order valence-electron chi connectivity index (χ2n) is 5.70. The normalized spacial score (nSPS) is 22.9. The van der Waals surface area contributed by atoms with Crippen molar-refractivity contribution in [1.29, 1.82) is 0 Å². The lowest BCUT2D eigenvalue weighted by molar-refractivity contribution is 0.473. The largest absolute Gasteiger partial charge is 0.291 e. The van der Waals surface area contributed by atoms with Gasteiger partial charge in [-0.05, 0) is 20.3 Å². The summed E-state index contributed by atoms with van der Waals surface area (Å²) in [6.07, 6.45) is 1.22. The van der Waals surface area contributed by atoms with Crippen molar-refractivity contribution in [3.8, 4) is 0 Å². The van der Waals surface area contributed by atoms with Gasteiger partial charge in [-0.1, -0.05) is 20.8 Å². The zero-order chi connectivity index (χ0) is 11.7. The summed E-state index contributed by atoms with van der Waals surface area (Å²) in [5.41, 5.74) is 4.43. The first-order chi connectivity index (χ1) is 7.42. The molecule has 2 nitrogen and oxygen atoms in total. The third-order valence-corrected chi connectivity index (χ3v) is 4.95. The molecule has 0 amide bonds. The molecule has 1 atom stereocenters. The van der Waals surface area contributed by atoms with Crippen LogP contribution >= 0.6 is 11.3 Å². The summed E-state index contributed by atoms with van der Waals surface area (Å²) in [7, 11) is 0. The van der Waals surface area contributed by atoms with Gasteiger partial charge in [-0.2, -0.15) is 0 Å². The van der Waals surface area contributed by atoms with E-state index in [4.69, 9.17) is 4.98 Å². The van der Waals surface area contributed by atoms with Crippen molar-refractivity contribution in [2.24, 2.45) is 0 Å². The smallest absolute Gasteiger partial charge is 0.194 e. The van der Waals surface area contributed by atoms with Crippen LogP contribution in [0.3, 0.4) is 0 Å². The second-order valence-corrected chi connectivity index (χ2v) is 6.88. The van der Waals surface area contributed by atoms with Gasteiger partial charge in [0.2, 0.25) is 0 Å². The molecule has 0 bridgehead atoms. The Morgan fingerprint density at radius 2 is 2.06 bits per heavy atom. The molecule has 0 spiro atoms. The number of thiazole rings is 1. The number of fused-ring (bicyclic) bond motifs is 3. The van der Waals surface area contributed by atoms with Gasteiger partial charge in [-0.3, -0.25) is 4.40 Å². The minimum absolute atomic E-state index is 0.270. The molecule has 0 fully saturated rings. The number of hydrogen-bond acceptors (Lipinski definition) is 2. The lowest BCUT2D eigenvalue weighted by Crippen LogP contribution is -2.15. The Kier molecular flexibility index (Phi) is 1.87. The maximum atomic E-state index is 4.83. The first kappa shape index (κ1) is 10.3. The Labute approximate surface area is 100 Å². The van der Waals surface area contributed by atoms with E-state index in [1.165, 1.54) is 33.3 Å². The molecule has 0 N–H and O–H groups in total. The highest BCUT2D eigenvalue weighted by Gasteiger charge is 2.39. The van der Waals surface area contributed by atoms with Gasteiger partial charge in [0.25, 0.3) is 0 Å². The molecule has 1 unspecified atom stereocenters. The van der Waals surface area contributed by atoms with Gasteiger partial charge >= 0.3 is 0 Å². The van der Waals surface area contributed by atoms with Crippen LogP contribution in [0.25, 0.3) is 4.96 Å². The highest BCUT2D eigenvalue weighted by molar-refractivity contribution is 7.17. The number of aryl methyl sites for hydroxylation is 2. The Balaban J connectivity index is 2.42. The van der Waals surface area contributed by atoms with E-state index in [2.05, 4.69) is 39.0 Å². The van der Waals surface area contributed by atoms with Crippen LogP contribution in [0.5, 0.6) is 0 Å². The summed E-state index contributed by atoms with van der Waals surface area (Å²) >= 11 is 1.82. The first-order valence-corrected chi connectivity index (χ1v) is 6.72. The predicted octanol–water partition coefficient (Wildman–Crippen LogP) is 3.80. The van der Waals surface area contributed by atoms with Crippen molar-refractivity contribution in [3.63, 3.8) is 0 Å². The lowest BCUT2D eigenvalue weighted by Gasteiger charge is -2.19. The molecule has 0 aromatic carbocycles. The van der Waals surface area contributed by atoms with Crippen molar-refractivity contribution >= 4 is 16.3 Å². The number of nitrogens with zero attached hydrogens (tertiary/aromatic N) is 2. The fourth-order valence-corrected chi connectivity index (χ4v) is 4.09.